The van der Waals surface area contributed by atoms with Crippen LogP contribution in [0.1, 0.15) is 36.8 Å². The van der Waals surface area contributed by atoms with E-state index in [9.17, 15) is 9.90 Å². The number of aromatic hydroxyl groups is 1. The Balaban J connectivity index is 0.00000210. The summed E-state index contributed by atoms with van der Waals surface area (Å²) in [6.45, 7) is 0. The van der Waals surface area contributed by atoms with Crippen LogP contribution in [-0.4, -0.2) is 36.4 Å². The van der Waals surface area contributed by atoms with Gasteiger partial charge in [0.25, 0.3) is 0 Å². The van der Waals surface area contributed by atoms with Crippen molar-refractivity contribution in [2.45, 2.75) is 50.3 Å². The highest BCUT2D eigenvalue weighted by Gasteiger charge is 2.35. The van der Waals surface area contributed by atoms with Crippen molar-refractivity contribution in [2.24, 2.45) is 0 Å². The van der Waals surface area contributed by atoms with Gasteiger partial charge in [-0.3, -0.25) is 4.90 Å². The molecule has 7 heteroatoms. The minimum absolute atomic E-state index is 0. The number of benzene rings is 1. The molecule has 2 bridgehead atoms. The van der Waals surface area contributed by atoms with Crippen LogP contribution in [0.2, 0.25) is 0 Å². The number of anilines is 1. The number of nitrogens with one attached hydrogen (secondary N) is 1. The molecule has 0 aliphatic carbocycles. The number of fused-ring (bicyclic) bond motifs is 2. The van der Waals surface area contributed by atoms with Gasteiger partial charge in [-0.25, -0.2) is 4.79 Å². The molecular formula is C20H25BrN2O3S. The van der Waals surface area contributed by atoms with Crippen LogP contribution in [-0.2, 0) is 11.2 Å². The molecule has 2 N–H and O–H groups in total. The van der Waals surface area contributed by atoms with Crippen molar-refractivity contribution in [3.8, 4) is 5.75 Å². The lowest BCUT2D eigenvalue weighted by molar-refractivity contribution is 0.0731. The molecule has 2 atom stereocenters. The van der Waals surface area contributed by atoms with Gasteiger partial charge in [0.1, 0.15) is 16.9 Å². The molecule has 0 saturated carbocycles. The molecule has 1 aromatic carbocycles. The Morgan fingerprint density at radius 2 is 2.04 bits per heavy atom. The number of phenols is 1. The second kappa shape index (κ2) is 8.63. The molecule has 2 aliphatic heterocycles. The summed E-state index contributed by atoms with van der Waals surface area (Å²) in [6.07, 6.45) is 4.60. The Bertz CT molecular complexity index is 785. The van der Waals surface area contributed by atoms with E-state index in [1.165, 1.54) is 24.2 Å². The zero-order valence-electron chi connectivity index (χ0n) is 15.3. The van der Waals surface area contributed by atoms with Crippen molar-refractivity contribution in [2.75, 3.05) is 11.9 Å². The molecule has 2 fully saturated rings. The van der Waals surface area contributed by atoms with Crippen LogP contribution >= 0.6 is 28.3 Å². The Morgan fingerprint density at radius 3 is 2.74 bits per heavy atom. The fraction of sp³-hybridized carbons (Fsp3) is 0.450. The number of rotatable bonds is 4. The number of hydrogen-bond donors (Lipinski definition) is 2. The van der Waals surface area contributed by atoms with E-state index in [1.807, 2.05) is 23.6 Å². The molecular weight excluding hydrogens is 428 g/mol. The third-order valence-corrected chi connectivity index (χ3v) is 6.34. The van der Waals surface area contributed by atoms with Crippen LogP contribution in [0, 0.1) is 0 Å². The zero-order chi connectivity index (χ0) is 18.1. The van der Waals surface area contributed by atoms with Gasteiger partial charge in [0.05, 0.1) is 0 Å². The second-order valence-corrected chi connectivity index (χ2v) is 8.17. The van der Waals surface area contributed by atoms with Crippen molar-refractivity contribution in [3.63, 3.8) is 0 Å². The molecule has 2 unspecified atom stereocenters. The molecule has 3 heterocycles. The first-order valence-corrected chi connectivity index (χ1v) is 10.0. The van der Waals surface area contributed by atoms with Crippen LogP contribution in [0.3, 0.4) is 0 Å². The topological polar surface area (TPSA) is 61.8 Å². The van der Waals surface area contributed by atoms with Crippen LogP contribution < -0.4 is 10.2 Å². The van der Waals surface area contributed by atoms with Crippen molar-refractivity contribution in [1.29, 1.82) is 0 Å². The standard InChI is InChI=1S/C20H24N2O3S.BrH/c1-22(20(24)25-18-11-15-5-6-16(12-18)21-15)19-14(7-8-26-19)9-13-3-2-4-17(23)10-13;/h2-4,7-8,10,15-16,18,21,23H,5-6,9,11-12H2,1H3;1H. The van der Waals surface area contributed by atoms with Crippen molar-refractivity contribution in [3.05, 3.63) is 46.8 Å². The lowest BCUT2D eigenvalue weighted by Gasteiger charge is -2.30. The van der Waals surface area contributed by atoms with Crippen LogP contribution in [0.15, 0.2) is 35.7 Å². The van der Waals surface area contributed by atoms with E-state index in [0.717, 1.165) is 29.0 Å². The lowest BCUT2D eigenvalue weighted by Crippen LogP contribution is -2.43. The number of ether oxygens (including phenoxy) is 1. The maximum absolute atomic E-state index is 12.7. The monoisotopic (exact) mass is 452 g/mol. The maximum Gasteiger partial charge on any atom is 0.414 e. The molecule has 2 saturated heterocycles. The average molecular weight is 453 g/mol. The number of carbonyl (C=O) groups is 1. The minimum atomic E-state index is -0.282. The SMILES string of the molecule is Br.CN(C(=O)OC1CC2CCC(C1)N2)c1sccc1Cc1cccc(O)c1. The van der Waals surface area contributed by atoms with Gasteiger partial charge in [-0.2, -0.15) is 0 Å². The first kappa shape index (κ1) is 20.2. The largest absolute Gasteiger partial charge is 0.508 e. The van der Waals surface area contributed by atoms with Crippen LogP contribution in [0.5, 0.6) is 5.75 Å². The predicted molar refractivity (Wildman–Crippen MR) is 113 cm³/mol. The summed E-state index contributed by atoms with van der Waals surface area (Å²) in [7, 11) is 1.77. The summed E-state index contributed by atoms with van der Waals surface area (Å²) in [5.74, 6) is 0.257. The normalized spacial score (nSPS) is 23.5. The second-order valence-electron chi connectivity index (χ2n) is 7.27. The van der Waals surface area contributed by atoms with E-state index >= 15 is 0 Å². The number of halogens is 1. The molecule has 5 nitrogen and oxygen atoms in total. The zero-order valence-corrected chi connectivity index (χ0v) is 17.8. The van der Waals surface area contributed by atoms with E-state index in [0.29, 0.717) is 18.5 Å². The molecule has 1 amide bonds. The van der Waals surface area contributed by atoms with Crippen molar-refractivity contribution in [1.82, 2.24) is 5.32 Å². The van der Waals surface area contributed by atoms with E-state index in [1.54, 1.807) is 24.1 Å². The van der Waals surface area contributed by atoms with E-state index in [2.05, 4.69) is 5.32 Å². The Hall–Kier alpha value is -1.57. The number of phenolic OH excluding ortho intramolecular Hbond substituents is 1. The quantitative estimate of drug-likeness (QED) is 0.717. The predicted octanol–water partition coefficient (Wildman–Crippen LogP) is 4.48. The average Bonchev–Trinajstić information content (AvgIpc) is 3.20. The van der Waals surface area contributed by atoms with Gasteiger partial charge in [-0.05, 0) is 60.4 Å². The molecule has 2 aromatic rings. The number of piperidine rings is 1. The van der Waals surface area contributed by atoms with Gasteiger partial charge in [0.15, 0.2) is 0 Å². The summed E-state index contributed by atoms with van der Waals surface area (Å²) in [5.41, 5.74) is 2.08. The van der Waals surface area contributed by atoms with E-state index in [4.69, 9.17) is 4.74 Å². The minimum Gasteiger partial charge on any atom is -0.508 e. The summed E-state index contributed by atoms with van der Waals surface area (Å²) in [5, 5.41) is 16.1. The van der Waals surface area contributed by atoms with Gasteiger partial charge >= 0.3 is 6.09 Å². The van der Waals surface area contributed by atoms with Gasteiger partial charge in [-0.15, -0.1) is 28.3 Å². The van der Waals surface area contributed by atoms with Gasteiger partial charge in [0.2, 0.25) is 0 Å². The number of carbonyl (C=O) groups excluding carboxylic acids is 1. The third kappa shape index (κ3) is 4.65. The Kier molecular flexibility index (Phi) is 6.44. The Labute approximate surface area is 174 Å². The van der Waals surface area contributed by atoms with Crippen molar-refractivity contribution < 1.29 is 14.6 Å². The van der Waals surface area contributed by atoms with Gasteiger partial charge < -0.3 is 15.2 Å². The highest BCUT2D eigenvalue weighted by molar-refractivity contribution is 8.93. The smallest absolute Gasteiger partial charge is 0.414 e. The number of hydrogen-bond acceptors (Lipinski definition) is 5. The number of amides is 1. The summed E-state index contributed by atoms with van der Waals surface area (Å²) in [4.78, 5) is 14.3. The summed E-state index contributed by atoms with van der Waals surface area (Å²) in [6, 6.07) is 10.3. The lowest BCUT2D eigenvalue weighted by atomic mass is 10.0. The molecule has 0 radical (unpaired) electrons. The molecule has 4 rings (SSSR count). The van der Waals surface area contributed by atoms with Gasteiger partial charge in [-0.1, -0.05) is 12.1 Å². The number of thiophene rings is 1. The van der Waals surface area contributed by atoms with Crippen LogP contribution in [0.4, 0.5) is 9.80 Å². The molecule has 1 aromatic heterocycles. The summed E-state index contributed by atoms with van der Waals surface area (Å²) < 4.78 is 5.80. The van der Waals surface area contributed by atoms with Gasteiger partial charge in [0, 0.05) is 25.6 Å². The van der Waals surface area contributed by atoms with Crippen molar-refractivity contribution >= 4 is 39.4 Å². The summed E-state index contributed by atoms with van der Waals surface area (Å²) >= 11 is 1.54. The molecule has 0 spiro atoms. The van der Waals surface area contributed by atoms with Crippen LogP contribution in [0.25, 0.3) is 0 Å². The fourth-order valence-corrected chi connectivity index (χ4v) is 4.93. The molecule has 2 aliphatic rings. The first-order valence-electron chi connectivity index (χ1n) is 9.13. The molecule has 146 valence electrons. The highest BCUT2D eigenvalue weighted by Crippen LogP contribution is 2.32. The third-order valence-electron chi connectivity index (χ3n) is 5.30. The Morgan fingerprint density at radius 1 is 1.30 bits per heavy atom. The fourth-order valence-electron chi connectivity index (χ4n) is 4.05. The highest BCUT2D eigenvalue weighted by atomic mass is 79.9. The molecule has 27 heavy (non-hydrogen) atoms. The first-order chi connectivity index (χ1) is 12.6. The van der Waals surface area contributed by atoms with E-state index < -0.39 is 0 Å². The maximum atomic E-state index is 12.7. The number of nitrogens with zero attached hydrogens (tertiary/aromatic N) is 1. The van der Waals surface area contributed by atoms with E-state index in [-0.39, 0.29) is 34.9 Å².